The summed E-state index contributed by atoms with van der Waals surface area (Å²) in [6, 6.07) is 12.6. The fourth-order valence-electron chi connectivity index (χ4n) is 3.30. The lowest BCUT2D eigenvalue weighted by Gasteiger charge is -2.17. The minimum Gasteiger partial charge on any atom is -0.462 e. The molecule has 0 aromatic heterocycles. The zero-order valence-electron chi connectivity index (χ0n) is 18.9. The lowest BCUT2D eigenvalue weighted by molar-refractivity contribution is -0.152. The van der Waals surface area contributed by atoms with Crippen molar-refractivity contribution in [3.8, 4) is 0 Å². The highest BCUT2D eigenvalue weighted by molar-refractivity contribution is 6.33. The van der Waals surface area contributed by atoms with Crippen LogP contribution in [-0.4, -0.2) is 49.4 Å². The summed E-state index contributed by atoms with van der Waals surface area (Å²) >= 11 is 5.92. The van der Waals surface area contributed by atoms with E-state index < -0.39 is 36.3 Å². The second kappa shape index (κ2) is 12.0. The second-order valence-electron chi connectivity index (χ2n) is 7.68. The summed E-state index contributed by atoms with van der Waals surface area (Å²) in [5.74, 6) is -3.60. The Hall–Kier alpha value is -3.92. The number of carbonyl (C=O) groups excluding carboxylic acids is 5. The van der Waals surface area contributed by atoms with E-state index in [1.165, 1.54) is 17.0 Å². The third kappa shape index (κ3) is 6.80. The Morgan fingerprint density at radius 2 is 1.74 bits per heavy atom. The average Bonchev–Trinajstić information content (AvgIpc) is 3.26. The van der Waals surface area contributed by atoms with Gasteiger partial charge in [-0.15, -0.1) is 0 Å². The summed E-state index contributed by atoms with van der Waals surface area (Å²) in [4.78, 5) is 62.1. The molecule has 0 radical (unpaired) electrons. The third-order valence-electron chi connectivity index (χ3n) is 5.09. The van der Waals surface area contributed by atoms with Gasteiger partial charge in [0.1, 0.15) is 0 Å². The molecule has 1 heterocycles. The van der Waals surface area contributed by atoms with Crippen molar-refractivity contribution < 1.29 is 33.4 Å². The summed E-state index contributed by atoms with van der Waals surface area (Å²) in [6.07, 6.45) is 0.631. The Labute approximate surface area is 206 Å². The number of carbonyl (C=O) groups is 5. The number of amides is 3. The van der Waals surface area contributed by atoms with Gasteiger partial charge in [-0.3, -0.25) is 30.0 Å². The molecule has 0 saturated carbocycles. The van der Waals surface area contributed by atoms with Crippen LogP contribution in [0.2, 0.25) is 5.02 Å². The summed E-state index contributed by atoms with van der Waals surface area (Å²) in [6.45, 7) is 1.65. The molecule has 1 saturated heterocycles. The smallest absolute Gasteiger partial charge is 0.338 e. The highest BCUT2D eigenvalue weighted by Crippen LogP contribution is 2.26. The van der Waals surface area contributed by atoms with Crippen molar-refractivity contribution >= 4 is 46.9 Å². The maximum Gasteiger partial charge on any atom is 0.338 e. The molecule has 1 atom stereocenters. The molecule has 2 aromatic carbocycles. The van der Waals surface area contributed by atoms with Crippen LogP contribution in [0, 0.1) is 5.92 Å². The number of ether oxygens (including phenoxy) is 2. The number of rotatable bonds is 8. The molecule has 35 heavy (non-hydrogen) atoms. The molecule has 0 aliphatic carbocycles. The first-order valence-corrected chi connectivity index (χ1v) is 11.3. The summed E-state index contributed by atoms with van der Waals surface area (Å²) in [5.41, 5.74) is 5.37. The van der Waals surface area contributed by atoms with Crippen molar-refractivity contribution in [3.05, 3.63) is 64.7 Å². The zero-order chi connectivity index (χ0) is 25.4. The molecule has 0 unspecified atom stereocenters. The molecule has 3 rings (SSSR count). The Kier molecular flexibility index (Phi) is 8.80. The zero-order valence-corrected chi connectivity index (χ0v) is 19.7. The number of anilines is 1. The Morgan fingerprint density at radius 1 is 1.03 bits per heavy atom. The van der Waals surface area contributed by atoms with E-state index in [1.54, 1.807) is 36.4 Å². The number of halogens is 1. The predicted molar refractivity (Wildman–Crippen MR) is 125 cm³/mol. The summed E-state index contributed by atoms with van der Waals surface area (Å²) < 4.78 is 10.1. The highest BCUT2D eigenvalue weighted by Gasteiger charge is 2.36. The third-order valence-corrected chi connectivity index (χ3v) is 5.42. The first kappa shape index (κ1) is 25.7. The topological polar surface area (TPSA) is 131 Å². The number of esters is 2. The molecule has 11 heteroatoms. The molecular formula is C24H24ClN3O7. The largest absolute Gasteiger partial charge is 0.462 e. The Bertz CT molecular complexity index is 1120. The molecule has 0 bridgehead atoms. The molecule has 3 amide bonds. The standard InChI is InChI=1S/C24H24ClN3O7/c1-2-11-34-23(32)15-7-9-17(10-8-15)28-13-16(12-21(28)30)24(33)35-14-20(29)26-27-22(31)18-5-3-4-6-19(18)25/h3-10,16H,2,11-14H2,1H3,(H,26,29)(H,27,31)/t16-/m0/s1. The van der Waals surface area contributed by atoms with Crippen LogP contribution in [-0.2, 0) is 23.9 Å². The molecule has 1 aliphatic heterocycles. The van der Waals surface area contributed by atoms with Gasteiger partial charge in [-0.2, -0.15) is 0 Å². The van der Waals surface area contributed by atoms with Crippen LogP contribution in [0.15, 0.2) is 48.5 Å². The van der Waals surface area contributed by atoms with Gasteiger partial charge in [0.2, 0.25) is 5.91 Å². The van der Waals surface area contributed by atoms with E-state index in [0.29, 0.717) is 24.3 Å². The van der Waals surface area contributed by atoms with Crippen molar-refractivity contribution in [3.63, 3.8) is 0 Å². The van der Waals surface area contributed by atoms with Gasteiger partial charge < -0.3 is 14.4 Å². The van der Waals surface area contributed by atoms with E-state index in [2.05, 4.69) is 10.9 Å². The molecule has 1 fully saturated rings. The van der Waals surface area contributed by atoms with Crippen LogP contribution in [0.1, 0.15) is 40.5 Å². The molecule has 0 spiro atoms. The molecule has 10 nitrogen and oxygen atoms in total. The molecular weight excluding hydrogens is 478 g/mol. The SMILES string of the molecule is CCCOC(=O)c1ccc(N2C[C@@H](C(=O)OCC(=O)NNC(=O)c3ccccc3Cl)CC2=O)cc1. The Balaban J connectivity index is 1.46. The first-order chi connectivity index (χ1) is 16.8. The maximum absolute atomic E-state index is 12.4. The molecule has 2 N–H and O–H groups in total. The highest BCUT2D eigenvalue weighted by atomic mass is 35.5. The number of hydrazine groups is 1. The van der Waals surface area contributed by atoms with Gasteiger partial charge in [-0.05, 0) is 42.8 Å². The maximum atomic E-state index is 12.4. The van der Waals surface area contributed by atoms with E-state index >= 15 is 0 Å². The van der Waals surface area contributed by atoms with Crippen LogP contribution in [0.3, 0.4) is 0 Å². The van der Waals surface area contributed by atoms with Crippen LogP contribution in [0.25, 0.3) is 0 Å². The van der Waals surface area contributed by atoms with Gasteiger partial charge in [0, 0.05) is 18.7 Å². The quantitative estimate of drug-likeness (QED) is 0.419. The van der Waals surface area contributed by atoms with Gasteiger partial charge in [-0.1, -0.05) is 30.7 Å². The normalized spacial score (nSPS) is 14.9. The van der Waals surface area contributed by atoms with E-state index in [9.17, 15) is 24.0 Å². The Morgan fingerprint density at radius 3 is 2.43 bits per heavy atom. The van der Waals surface area contributed by atoms with Gasteiger partial charge >= 0.3 is 11.9 Å². The number of benzene rings is 2. The molecule has 184 valence electrons. The number of nitrogens with one attached hydrogen (secondary N) is 2. The lowest BCUT2D eigenvalue weighted by Crippen LogP contribution is -2.44. The van der Waals surface area contributed by atoms with E-state index in [4.69, 9.17) is 21.1 Å². The van der Waals surface area contributed by atoms with Crippen LogP contribution in [0.4, 0.5) is 5.69 Å². The van der Waals surface area contributed by atoms with E-state index in [0.717, 1.165) is 0 Å². The van der Waals surface area contributed by atoms with Gasteiger partial charge in [0.05, 0.1) is 28.7 Å². The summed E-state index contributed by atoms with van der Waals surface area (Å²) in [5, 5.41) is 0.215. The minimum absolute atomic E-state index is 0.0716. The number of hydrogen-bond acceptors (Lipinski definition) is 7. The first-order valence-electron chi connectivity index (χ1n) is 10.9. The van der Waals surface area contributed by atoms with Crippen molar-refractivity contribution in [2.45, 2.75) is 19.8 Å². The number of hydrogen-bond donors (Lipinski definition) is 2. The van der Waals surface area contributed by atoms with Gasteiger partial charge in [0.15, 0.2) is 6.61 Å². The fraction of sp³-hybridized carbons (Fsp3) is 0.292. The van der Waals surface area contributed by atoms with Crippen LogP contribution < -0.4 is 15.8 Å². The molecule has 2 aromatic rings. The van der Waals surface area contributed by atoms with Crippen molar-refractivity contribution in [2.75, 3.05) is 24.7 Å². The predicted octanol–water partition coefficient (Wildman–Crippen LogP) is 2.26. The summed E-state index contributed by atoms with van der Waals surface area (Å²) in [7, 11) is 0. The van der Waals surface area contributed by atoms with Gasteiger partial charge in [0.25, 0.3) is 11.8 Å². The molecule has 1 aliphatic rings. The van der Waals surface area contributed by atoms with Gasteiger partial charge in [-0.25, -0.2) is 4.79 Å². The van der Waals surface area contributed by atoms with Crippen molar-refractivity contribution in [1.29, 1.82) is 0 Å². The van der Waals surface area contributed by atoms with Crippen LogP contribution in [0.5, 0.6) is 0 Å². The minimum atomic E-state index is -0.762. The average molecular weight is 502 g/mol. The fourth-order valence-corrected chi connectivity index (χ4v) is 3.52. The lowest BCUT2D eigenvalue weighted by atomic mass is 10.1. The van der Waals surface area contributed by atoms with Crippen molar-refractivity contribution in [2.24, 2.45) is 5.92 Å². The van der Waals surface area contributed by atoms with E-state index in [-0.39, 0.29) is 29.5 Å². The number of nitrogens with zero attached hydrogens (tertiary/aromatic N) is 1. The monoisotopic (exact) mass is 501 g/mol. The van der Waals surface area contributed by atoms with Crippen LogP contribution >= 0.6 is 11.6 Å². The van der Waals surface area contributed by atoms with Crippen molar-refractivity contribution in [1.82, 2.24) is 10.9 Å². The van der Waals surface area contributed by atoms with E-state index in [1.807, 2.05) is 6.92 Å². The second-order valence-corrected chi connectivity index (χ2v) is 8.09.